The SMILES string of the molecule is CC(C)CC(=O)C(=O)c1ccc2oc(=O)[nH]c2c1. The van der Waals surface area contributed by atoms with E-state index in [1.54, 1.807) is 0 Å². The Morgan fingerprint density at radius 3 is 2.72 bits per heavy atom. The average molecular weight is 247 g/mol. The lowest BCUT2D eigenvalue weighted by Crippen LogP contribution is -2.16. The fourth-order valence-corrected chi connectivity index (χ4v) is 1.72. The lowest BCUT2D eigenvalue weighted by molar-refractivity contribution is -0.115. The van der Waals surface area contributed by atoms with Crippen molar-refractivity contribution in [3.8, 4) is 0 Å². The van der Waals surface area contributed by atoms with E-state index in [0.717, 1.165) is 0 Å². The van der Waals surface area contributed by atoms with Gasteiger partial charge in [0.25, 0.3) is 0 Å². The molecule has 0 fully saturated rings. The predicted octanol–water partition coefficient (Wildman–Crippen LogP) is 1.92. The fraction of sp³-hybridized carbons (Fsp3) is 0.308. The van der Waals surface area contributed by atoms with E-state index in [2.05, 4.69) is 4.98 Å². The highest BCUT2D eigenvalue weighted by molar-refractivity contribution is 6.43. The maximum Gasteiger partial charge on any atom is 0.417 e. The van der Waals surface area contributed by atoms with Crippen LogP contribution < -0.4 is 5.76 Å². The summed E-state index contributed by atoms with van der Waals surface area (Å²) < 4.78 is 4.82. The molecule has 0 amide bonds. The van der Waals surface area contributed by atoms with Crippen LogP contribution in [0.2, 0.25) is 0 Å². The number of hydrogen-bond donors (Lipinski definition) is 1. The van der Waals surface area contributed by atoms with Gasteiger partial charge in [-0.15, -0.1) is 0 Å². The molecule has 2 aromatic rings. The van der Waals surface area contributed by atoms with Crippen LogP contribution in [-0.2, 0) is 4.79 Å². The number of carbonyl (C=O) groups excluding carboxylic acids is 2. The molecule has 0 atom stereocenters. The molecule has 0 unspecified atom stereocenters. The Bertz CT molecular complexity index is 663. The number of aromatic nitrogens is 1. The van der Waals surface area contributed by atoms with Gasteiger partial charge in [0.1, 0.15) is 0 Å². The van der Waals surface area contributed by atoms with E-state index in [-0.39, 0.29) is 17.9 Å². The molecule has 0 spiro atoms. The highest BCUT2D eigenvalue weighted by atomic mass is 16.4. The van der Waals surface area contributed by atoms with Crippen molar-refractivity contribution in [1.82, 2.24) is 4.98 Å². The maximum atomic E-state index is 11.9. The zero-order valence-electron chi connectivity index (χ0n) is 10.1. The third-order valence-electron chi connectivity index (χ3n) is 2.53. The average Bonchev–Trinajstić information content (AvgIpc) is 2.65. The number of Topliss-reactive ketones (excluding diaryl/α,β-unsaturated/α-hetero) is 2. The van der Waals surface area contributed by atoms with Crippen LogP contribution in [0, 0.1) is 5.92 Å². The number of benzene rings is 1. The second kappa shape index (κ2) is 4.60. The van der Waals surface area contributed by atoms with Crippen LogP contribution in [0.5, 0.6) is 0 Å². The van der Waals surface area contributed by atoms with Crippen LogP contribution in [0.4, 0.5) is 0 Å². The molecule has 0 aliphatic rings. The van der Waals surface area contributed by atoms with Gasteiger partial charge in [-0.25, -0.2) is 4.79 Å². The smallest absolute Gasteiger partial charge is 0.408 e. The number of aromatic amines is 1. The van der Waals surface area contributed by atoms with Crippen molar-refractivity contribution in [3.05, 3.63) is 34.3 Å². The first-order valence-electron chi connectivity index (χ1n) is 5.68. The number of oxazole rings is 1. The van der Waals surface area contributed by atoms with Crippen molar-refractivity contribution in [2.75, 3.05) is 0 Å². The summed E-state index contributed by atoms with van der Waals surface area (Å²) in [7, 11) is 0. The minimum Gasteiger partial charge on any atom is -0.408 e. The summed E-state index contributed by atoms with van der Waals surface area (Å²) in [5.74, 6) is -1.40. The van der Waals surface area contributed by atoms with Gasteiger partial charge in [-0.2, -0.15) is 0 Å². The summed E-state index contributed by atoms with van der Waals surface area (Å²) in [5, 5.41) is 0. The van der Waals surface area contributed by atoms with E-state index in [1.165, 1.54) is 18.2 Å². The summed E-state index contributed by atoms with van der Waals surface area (Å²) in [6.45, 7) is 3.75. The minimum absolute atomic E-state index is 0.138. The summed E-state index contributed by atoms with van der Waals surface area (Å²) in [4.78, 5) is 36.9. The standard InChI is InChI=1S/C13H13NO4/c1-7(2)5-10(15)12(16)8-3-4-11-9(6-8)14-13(17)18-11/h3-4,6-7H,5H2,1-2H3,(H,14,17). The molecule has 0 bridgehead atoms. The first-order valence-corrected chi connectivity index (χ1v) is 5.68. The molecule has 2 rings (SSSR count). The molecule has 5 nitrogen and oxygen atoms in total. The lowest BCUT2D eigenvalue weighted by Gasteiger charge is -2.02. The molecule has 0 saturated heterocycles. The monoisotopic (exact) mass is 247 g/mol. The zero-order valence-corrected chi connectivity index (χ0v) is 10.1. The molecular weight excluding hydrogens is 234 g/mol. The van der Waals surface area contributed by atoms with E-state index >= 15 is 0 Å². The van der Waals surface area contributed by atoms with Crippen LogP contribution >= 0.6 is 0 Å². The Hall–Kier alpha value is -2.17. The Labute approximate surface area is 103 Å². The van der Waals surface area contributed by atoms with Crippen LogP contribution in [0.1, 0.15) is 30.6 Å². The second-order valence-electron chi connectivity index (χ2n) is 4.58. The summed E-state index contributed by atoms with van der Waals surface area (Å²) in [6.07, 6.45) is 0.221. The third kappa shape index (κ3) is 2.40. The van der Waals surface area contributed by atoms with Gasteiger partial charge in [0.2, 0.25) is 11.6 Å². The normalized spacial score (nSPS) is 11.1. The van der Waals surface area contributed by atoms with Crippen molar-refractivity contribution in [2.24, 2.45) is 5.92 Å². The Morgan fingerprint density at radius 2 is 2.06 bits per heavy atom. The van der Waals surface area contributed by atoms with Gasteiger partial charge in [-0.1, -0.05) is 13.8 Å². The largest absolute Gasteiger partial charge is 0.417 e. The van der Waals surface area contributed by atoms with Crippen molar-refractivity contribution in [3.63, 3.8) is 0 Å². The van der Waals surface area contributed by atoms with E-state index < -0.39 is 17.3 Å². The molecule has 1 N–H and O–H groups in total. The number of ketones is 2. The molecule has 18 heavy (non-hydrogen) atoms. The molecule has 1 heterocycles. The first-order chi connectivity index (χ1) is 8.47. The van der Waals surface area contributed by atoms with Crippen molar-refractivity contribution in [1.29, 1.82) is 0 Å². The Morgan fingerprint density at radius 1 is 1.33 bits per heavy atom. The third-order valence-corrected chi connectivity index (χ3v) is 2.53. The van der Waals surface area contributed by atoms with Crippen molar-refractivity contribution < 1.29 is 14.0 Å². The Balaban J connectivity index is 2.33. The topological polar surface area (TPSA) is 80.1 Å². The highest BCUT2D eigenvalue weighted by Gasteiger charge is 2.18. The molecular formula is C13H13NO4. The van der Waals surface area contributed by atoms with Crippen LogP contribution in [0.25, 0.3) is 11.1 Å². The predicted molar refractivity (Wildman–Crippen MR) is 65.6 cm³/mol. The first kappa shape index (κ1) is 12.3. The van der Waals surface area contributed by atoms with Crippen molar-refractivity contribution >= 4 is 22.7 Å². The molecule has 0 saturated carbocycles. The fourth-order valence-electron chi connectivity index (χ4n) is 1.72. The van der Waals surface area contributed by atoms with E-state index in [4.69, 9.17) is 4.42 Å². The van der Waals surface area contributed by atoms with Crippen LogP contribution in [0.15, 0.2) is 27.4 Å². The van der Waals surface area contributed by atoms with Gasteiger partial charge < -0.3 is 4.42 Å². The van der Waals surface area contributed by atoms with Gasteiger partial charge >= 0.3 is 5.76 Å². The van der Waals surface area contributed by atoms with Gasteiger partial charge in [-0.05, 0) is 24.1 Å². The number of hydrogen-bond acceptors (Lipinski definition) is 4. The summed E-state index contributed by atoms with van der Waals surface area (Å²) in [5.41, 5.74) is 1.06. The second-order valence-corrected chi connectivity index (χ2v) is 4.58. The van der Waals surface area contributed by atoms with Crippen LogP contribution in [0.3, 0.4) is 0 Å². The number of fused-ring (bicyclic) bond motifs is 1. The number of H-pyrrole nitrogens is 1. The number of rotatable bonds is 4. The Kier molecular flexibility index (Phi) is 3.14. The van der Waals surface area contributed by atoms with Crippen molar-refractivity contribution in [2.45, 2.75) is 20.3 Å². The number of nitrogens with one attached hydrogen (secondary N) is 1. The zero-order chi connectivity index (χ0) is 13.3. The van der Waals surface area contributed by atoms with Gasteiger partial charge in [0.15, 0.2) is 5.58 Å². The quantitative estimate of drug-likeness (QED) is 0.661. The van der Waals surface area contributed by atoms with E-state index in [0.29, 0.717) is 11.1 Å². The molecule has 1 aromatic carbocycles. The molecule has 0 aliphatic heterocycles. The molecule has 0 aliphatic carbocycles. The molecule has 5 heteroatoms. The van der Waals surface area contributed by atoms with Crippen LogP contribution in [-0.4, -0.2) is 16.6 Å². The van der Waals surface area contributed by atoms with E-state index in [1.807, 2.05) is 13.8 Å². The molecule has 1 aromatic heterocycles. The summed E-state index contributed by atoms with van der Waals surface area (Å²) in [6, 6.07) is 4.45. The van der Waals surface area contributed by atoms with Gasteiger partial charge in [0.05, 0.1) is 5.52 Å². The number of carbonyl (C=O) groups is 2. The molecule has 0 radical (unpaired) electrons. The lowest BCUT2D eigenvalue weighted by atomic mass is 10.00. The minimum atomic E-state index is -0.580. The molecule has 94 valence electrons. The highest BCUT2D eigenvalue weighted by Crippen LogP contribution is 2.14. The van der Waals surface area contributed by atoms with Gasteiger partial charge in [0, 0.05) is 12.0 Å². The van der Waals surface area contributed by atoms with Gasteiger partial charge in [-0.3, -0.25) is 14.6 Å². The summed E-state index contributed by atoms with van der Waals surface area (Å²) >= 11 is 0. The maximum absolute atomic E-state index is 11.9. The van der Waals surface area contributed by atoms with E-state index in [9.17, 15) is 14.4 Å².